The SMILES string of the molecule is O=C(Cc1ccccc1)N(Cc1cccnc1)c1nc2ccc(Br)cc2s1. The highest BCUT2D eigenvalue weighted by atomic mass is 79.9. The second-order valence-electron chi connectivity index (χ2n) is 6.11. The summed E-state index contributed by atoms with van der Waals surface area (Å²) in [5.41, 5.74) is 2.85. The van der Waals surface area contributed by atoms with E-state index < -0.39 is 0 Å². The maximum Gasteiger partial charge on any atom is 0.233 e. The first-order chi connectivity index (χ1) is 13.2. The first-order valence-electron chi connectivity index (χ1n) is 8.48. The van der Waals surface area contributed by atoms with E-state index in [1.165, 1.54) is 11.3 Å². The van der Waals surface area contributed by atoms with Crippen LogP contribution in [0.25, 0.3) is 10.2 Å². The molecule has 2 aromatic heterocycles. The Kier molecular flexibility index (Phi) is 5.27. The number of carbonyl (C=O) groups excluding carboxylic acids is 1. The molecule has 0 unspecified atom stereocenters. The van der Waals surface area contributed by atoms with Crippen LogP contribution < -0.4 is 4.90 Å². The number of nitrogens with zero attached hydrogens (tertiary/aromatic N) is 3. The Morgan fingerprint density at radius 1 is 1.04 bits per heavy atom. The molecule has 0 bridgehead atoms. The summed E-state index contributed by atoms with van der Waals surface area (Å²) < 4.78 is 2.04. The zero-order valence-electron chi connectivity index (χ0n) is 14.4. The minimum absolute atomic E-state index is 0.0168. The molecule has 0 atom stereocenters. The zero-order chi connectivity index (χ0) is 18.6. The van der Waals surface area contributed by atoms with Crippen LogP contribution in [0.15, 0.2) is 77.5 Å². The van der Waals surface area contributed by atoms with Crippen LogP contribution in [-0.4, -0.2) is 15.9 Å². The molecule has 0 spiro atoms. The van der Waals surface area contributed by atoms with Crippen molar-refractivity contribution in [2.45, 2.75) is 13.0 Å². The van der Waals surface area contributed by atoms with Gasteiger partial charge >= 0.3 is 0 Å². The minimum Gasteiger partial charge on any atom is -0.283 e. The minimum atomic E-state index is 0.0168. The molecule has 0 saturated heterocycles. The Morgan fingerprint density at radius 2 is 1.85 bits per heavy atom. The van der Waals surface area contributed by atoms with Gasteiger partial charge in [-0.15, -0.1) is 0 Å². The van der Waals surface area contributed by atoms with Gasteiger partial charge in [-0.3, -0.25) is 14.7 Å². The number of anilines is 1. The number of benzene rings is 2. The molecule has 4 aromatic rings. The van der Waals surface area contributed by atoms with E-state index in [-0.39, 0.29) is 5.91 Å². The van der Waals surface area contributed by atoms with Crippen LogP contribution in [0.4, 0.5) is 5.13 Å². The van der Waals surface area contributed by atoms with E-state index in [1.807, 2.05) is 60.7 Å². The second-order valence-corrected chi connectivity index (χ2v) is 8.04. The van der Waals surface area contributed by atoms with E-state index in [4.69, 9.17) is 4.98 Å². The van der Waals surface area contributed by atoms with Crippen molar-refractivity contribution in [3.05, 3.63) is 88.7 Å². The van der Waals surface area contributed by atoms with Crippen molar-refractivity contribution >= 4 is 48.5 Å². The monoisotopic (exact) mass is 437 g/mol. The third-order valence-corrected chi connectivity index (χ3v) is 5.67. The van der Waals surface area contributed by atoms with Crippen LogP contribution in [0.2, 0.25) is 0 Å². The van der Waals surface area contributed by atoms with Gasteiger partial charge in [0.1, 0.15) is 0 Å². The molecule has 6 heteroatoms. The van der Waals surface area contributed by atoms with Crippen molar-refractivity contribution < 1.29 is 4.79 Å². The molecule has 4 rings (SSSR count). The normalized spacial score (nSPS) is 10.9. The third-order valence-electron chi connectivity index (χ3n) is 4.13. The predicted molar refractivity (Wildman–Crippen MR) is 113 cm³/mol. The molecule has 0 saturated carbocycles. The average Bonchev–Trinajstić information content (AvgIpc) is 3.10. The molecule has 4 nitrogen and oxygen atoms in total. The van der Waals surface area contributed by atoms with Gasteiger partial charge in [0.2, 0.25) is 5.91 Å². The molecule has 27 heavy (non-hydrogen) atoms. The molecular weight excluding hydrogens is 422 g/mol. The number of pyridine rings is 1. The van der Waals surface area contributed by atoms with E-state index >= 15 is 0 Å². The van der Waals surface area contributed by atoms with Gasteiger partial charge in [0, 0.05) is 16.9 Å². The van der Waals surface area contributed by atoms with Gasteiger partial charge in [0.15, 0.2) is 5.13 Å². The van der Waals surface area contributed by atoms with E-state index in [2.05, 4.69) is 20.9 Å². The summed E-state index contributed by atoms with van der Waals surface area (Å²) in [5, 5.41) is 0.702. The molecule has 0 N–H and O–H groups in total. The van der Waals surface area contributed by atoms with Crippen LogP contribution in [-0.2, 0) is 17.8 Å². The topological polar surface area (TPSA) is 46.1 Å². The summed E-state index contributed by atoms with van der Waals surface area (Å²) in [6, 6.07) is 19.6. The summed E-state index contributed by atoms with van der Waals surface area (Å²) in [4.78, 5) is 23.7. The Bertz CT molecular complexity index is 1070. The Hall–Kier alpha value is -2.57. The Balaban J connectivity index is 1.68. The molecule has 0 aliphatic rings. The number of rotatable bonds is 5. The number of halogens is 1. The van der Waals surface area contributed by atoms with Crippen LogP contribution in [0, 0.1) is 0 Å². The summed E-state index contributed by atoms with van der Waals surface area (Å²) in [6.45, 7) is 0.445. The predicted octanol–water partition coefficient (Wildman–Crippen LogP) is 5.23. The van der Waals surface area contributed by atoms with Gasteiger partial charge in [-0.1, -0.05) is 63.7 Å². The molecular formula is C21H16BrN3OS. The molecule has 2 aromatic carbocycles. The Labute approximate surface area is 169 Å². The van der Waals surface area contributed by atoms with Crippen molar-refractivity contribution in [1.29, 1.82) is 0 Å². The zero-order valence-corrected chi connectivity index (χ0v) is 16.8. The van der Waals surface area contributed by atoms with Crippen LogP contribution in [0.5, 0.6) is 0 Å². The standard InChI is InChI=1S/C21H16BrN3OS/c22-17-8-9-18-19(12-17)27-21(24-18)25(14-16-7-4-10-23-13-16)20(26)11-15-5-2-1-3-6-15/h1-10,12-13H,11,14H2. The fraction of sp³-hybridized carbons (Fsp3) is 0.0952. The van der Waals surface area contributed by atoms with Gasteiger partial charge in [-0.05, 0) is 35.4 Å². The molecule has 0 aliphatic carbocycles. The fourth-order valence-corrected chi connectivity index (χ4v) is 4.34. The quantitative estimate of drug-likeness (QED) is 0.429. The maximum atomic E-state index is 13.1. The number of thiazole rings is 1. The summed E-state index contributed by atoms with van der Waals surface area (Å²) >= 11 is 5.02. The Morgan fingerprint density at radius 3 is 2.63 bits per heavy atom. The van der Waals surface area contributed by atoms with E-state index in [1.54, 1.807) is 17.3 Å². The average molecular weight is 438 g/mol. The molecule has 134 valence electrons. The fourth-order valence-electron chi connectivity index (χ4n) is 2.80. The van der Waals surface area contributed by atoms with Gasteiger partial charge in [-0.2, -0.15) is 0 Å². The van der Waals surface area contributed by atoms with E-state index in [0.29, 0.717) is 18.1 Å². The number of carbonyl (C=O) groups is 1. The molecule has 2 heterocycles. The van der Waals surface area contributed by atoms with Crippen LogP contribution in [0.3, 0.4) is 0 Å². The maximum absolute atomic E-state index is 13.1. The first kappa shape index (κ1) is 17.8. The second kappa shape index (κ2) is 7.98. The van der Waals surface area contributed by atoms with Crippen molar-refractivity contribution in [1.82, 2.24) is 9.97 Å². The van der Waals surface area contributed by atoms with Gasteiger partial charge in [-0.25, -0.2) is 4.98 Å². The van der Waals surface area contributed by atoms with Crippen LogP contribution >= 0.6 is 27.3 Å². The summed E-state index contributed by atoms with van der Waals surface area (Å²) in [7, 11) is 0. The number of hydrogen-bond donors (Lipinski definition) is 0. The lowest BCUT2D eigenvalue weighted by Gasteiger charge is -2.20. The molecule has 0 radical (unpaired) electrons. The lowest BCUT2D eigenvalue weighted by atomic mass is 10.1. The largest absolute Gasteiger partial charge is 0.283 e. The summed E-state index contributed by atoms with van der Waals surface area (Å²) in [5.74, 6) is 0.0168. The van der Waals surface area contributed by atoms with Crippen molar-refractivity contribution in [3.63, 3.8) is 0 Å². The lowest BCUT2D eigenvalue weighted by molar-refractivity contribution is -0.118. The van der Waals surface area contributed by atoms with Gasteiger partial charge < -0.3 is 0 Å². The molecule has 0 fully saturated rings. The van der Waals surface area contributed by atoms with E-state index in [9.17, 15) is 4.79 Å². The van der Waals surface area contributed by atoms with Crippen LogP contribution in [0.1, 0.15) is 11.1 Å². The van der Waals surface area contributed by atoms with Crippen molar-refractivity contribution in [3.8, 4) is 0 Å². The highest BCUT2D eigenvalue weighted by Crippen LogP contribution is 2.32. The van der Waals surface area contributed by atoms with E-state index in [0.717, 1.165) is 25.8 Å². The number of amides is 1. The first-order valence-corrected chi connectivity index (χ1v) is 10.1. The number of aromatic nitrogens is 2. The summed E-state index contributed by atoms with van der Waals surface area (Å²) in [6.07, 6.45) is 3.85. The third kappa shape index (κ3) is 4.23. The smallest absolute Gasteiger partial charge is 0.233 e. The highest BCUT2D eigenvalue weighted by Gasteiger charge is 2.20. The number of hydrogen-bond acceptors (Lipinski definition) is 4. The van der Waals surface area contributed by atoms with Crippen molar-refractivity contribution in [2.24, 2.45) is 0 Å². The lowest BCUT2D eigenvalue weighted by Crippen LogP contribution is -2.31. The molecule has 0 aliphatic heterocycles. The molecule has 1 amide bonds. The highest BCUT2D eigenvalue weighted by molar-refractivity contribution is 9.10. The van der Waals surface area contributed by atoms with Crippen molar-refractivity contribution in [2.75, 3.05) is 4.90 Å². The number of fused-ring (bicyclic) bond motifs is 1. The van der Waals surface area contributed by atoms with Gasteiger partial charge in [0.25, 0.3) is 0 Å². The van der Waals surface area contributed by atoms with Gasteiger partial charge in [0.05, 0.1) is 23.2 Å².